The van der Waals surface area contributed by atoms with Crippen LogP contribution in [0.15, 0.2) is 18.2 Å². The molecule has 3 atom stereocenters. The lowest BCUT2D eigenvalue weighted by Gasteiger charge is -2.24. The van der Waals surface area contributed by atoms with Gasteiger partial charge >= 0.3 is 0 Å². The first-order valence-electron chi connectivity index (χ1n) is 7.24. The van der Waals surface area contributed by atoms with E-state index in [1.54, 1.807) is 0 Å². The lowest BCUT2D eigenvalue weighted by molar-refractivity contribution is -0.119. The van der Waals surface area contributed by atoms with Gasteiger partial charge in [-0.2, -0.15) is 0 Å². The number of nitrogens with one attached hydrogen (secondary N) is 1. The SMILES string of the molecule is CC1CCOC1C(N)c1ccc2c(c1)C(C)(C)C(=O)N2. The summed E-state index contributed by atoms with van der Waals surface area (Å²) in [5, 5.41) is 2.92. The number of carbonyl (C=O) groups is 1. The number of hydrogen-bond acceptors (Lipinski definition) is 3. The molecule has 1 aromatic rings. The Labute approximate surface area is 119 Å². The normalized spacial score (nSPS) is 29.1. The van der Waals surface area contributed by atoms with Crippen molar-refractivity contribution < 1.29 is 9.53 Å². The van der Waals surface area contributed by atoms with E-state index in [1.807, 2.05) is 26.0 Å². The molecule has 2 heterocycles. The van der Waals surface area contributed by atoms with Crippen molar-refractivity contribution in [3.63, 3.8) is 0 Å². The summed E-state index contributed by atoms with van der Waals surface area (Å²) in [4.78, 5) is 12.0. The first kappa shape index (κ1) is 13.6. The van der Waals surface area contributed by atoms with E-state index in [-0.39, 0.29) is 18.1 Å². The highest BCUT2D eigenvalue weighted by Crippen LogP contribution is 2.39. The maximum absolute atomic E-state index is 12.0. The number of ether oxygens (including phenoxy) is 1. The van der Waals surface area contributed by atoms with Gasteiger partial charge in [-0.05, 0) is 43.4 Å². The summed E-state index contributed by atoms with van der Waals surface area (Å²) >= 11 is 0. The van der Waals surface area contributed by atoms with Crippen molar-refractivity contribution in [2.45, 2.75) is 44.8 Å². The Morgan fingerprint density at radius 1 is 1.45 bits per heavy atom. The zero-order chi connectivity index (χ0) is 14.5. The minimum atomic E-state index is -0.493. The van der Waals surface area contributed by atoms with Crippen molar-refractivity contribution >= 4 is 11.6 Å². The predicted octanol–water partition coefficient (Wildman–Crippen LogP) is 2.34. The third-order valence-electron chi connectivity index (χ3n) is 4.72. The number of rotatable bonds is 2. The molecule has 1 saturated heterocycles. The van der Waals surface area contributed by atoms with Crippen LogP contribution in [0.1, 0.15) is 44.4 Å². The van der Waals surface area contributed by atoms with Crippen LogP contribution in [0, 0.1) is 5.92 Å². The van der Waals surface area contributed by atoms with Crippen LogP contribution < -0.4 is 11.1 Å². The highest BCUT2D eigenvalue weighted by atomic mass is 16.5. The van der Waals surface area contributed by atoms with E-state index >= 15 is 0 Å². The van der Waals surface area contributed by atoms with Crippen molar-refractivity contribution in [3.8, 4) is 0 Å². The van der Waals surface area contributed by atoms with E-state index in [4.69, 9.17) is 10.5 Å². The molecule has 0 aliphatic carbocycles. The van der Waals surface area contributed by atoms with Crippen LogP contribution in [0.3, 0.4) is 0 Å². The second kappa shape index (κ2) is 4.57. The monoisotopic (exact) mass is 274 g/mol. The zero-order valence-corrected chi connectivity index (χ0v) is 12.3. The first-order valence-corrected chi connectivity index (χ1v) is 7.24. The number of fused-ring (bicyclic) bond motifs is 1. The number of benzene rings is 1. The molecule has 4 heteroatoms. The molecule has 1 fully saturated rings. The highest BCUT2D eigenvalue weighted by molar-refractivity contribution is 6.05. The second-order valence-electron chi connectivity index (χ2n) is 6.51. The summed E-state index contributed by atoms with van der Waals surface area (Å²) in [6.07, 6.45) is 1.13. The topological polar surface area (TPSA) is 64.3 Å². The Hall–Kier alpha value is -1.39. The maximum Gasteiger partial charge on any atom is 0.234 e. The Bertz CT molecular complexity index is 553. The molecule has 108 valence electrons. The Kier molecular flexibility index (Phi) is 3.10. The van der Waals surface area contributed by atoms with Crippen molar-refractivity contribution in [3.05, 3.63) is 29.3 Å². The lowest BCUT2D eigenvalue weighted by atomic mass is 9.83. The summed E-state index contributed by atoms with van der Waals surface area (Å²) in [5.74, 6) is 0.523. The van der Waals surface area contributed by atoms with Gasteiger partial charge in [0.25, 0.3) is 0 Å². The van der Waals surface area contributed by atoms with Gasteiger partial charge in [-0.3, -0.25) is 4.79 Å². The molecule has 2 aliphatic heterocycles. The van der Waals surface area contributed by atoms with Gasteiger partial charge in [0.1, 0.15) is 0 Å². The van der Waals surface area contributed by atoms with E-state index in [0.717, 1.165) is 29.8 Å². The molecular weight excluding hydrogens is 252 g/mol. The second-order valence-corrected chi connectivity index (χ2v) is 6.51. The van der Waals surface area contributed by atoms with Crippen LogP contribution in [0.2, 0.25) is 0 Å². The fourth-order valence-corrected chi connectivity index (χ4v) is 3.16. The summed E-state index contributed by atoms with van der Waals surface area (Å²) in [6, 6.07) is 5.88. The standard InChI is InChI=1S/C16H22N2O2/c1-9-6-7-20-14(9)13(17)10-4-5-12-11(8-10)16(2,3)15(19)18-12/h4-5,8-9,13-14H,6-7,17H2,1-3H3,(H,18,19). The van der Waals surface area contributed by atoms with E-state index in [9.17, 15) is 4.79 Å². The lowest BCUT2D eigenvalue weighted by Crippen LogP contribution is -2.30. The van der Waals surface area contributed by atoms with E-state index < -0.39 is 5.41 Å². The molecule has 1 aromatic carbocycles. The fourth-order valence-electron chi connectivity index (χ4n) is 3.16. The van der Waals surface area contributed by atoms with Crippen molar-refractivity contribution in [2.24, 2.45) is 11.7 Å². The molecule has 0 aromatic heterocycles. The molecule has 20 heavy (non-hydrogen) atoms. The van der Waals surface area contributed by atoms with Gasteiger partial charge in [0.05, 0.1) is 17.6 Å². The summed E-state index contributed by atoms with van der Waals surface area (Å²) in [5.41, 5.74) is 8.86. The van der Waals surface area contributed by atoms with Gasteiger partial charge < -0.3 is 15.8 Å². The molecule has 0 saturated carbocycles. The summed E-state index contributed by atoms with van der Waals surface area (Å²) < 4.78 is 5.77. The van der Waals surface area contributed by atoms with Crippen molar-refractivity contribution in [1.29, 1.82) is 0 Å². The van der Waals surface area contributed by atoms with Crippen LogP contribution in [0.25, 0.3) is 0 Å². The summed E-state index contributed by atoms with van der Waals surface area (Å²) in [7, 11) is 0. The van der Waals surface area contributed by atoms with Crippen molar-refractivity contribution in [1.82, 2.24) is 0 Å². The largest absolute Gasteiger partial charge is 0.376 e. The molecule has 1 amide bonds. The molecular formula is C16H22N2O2. The Morgan fingerprint density at radius 3 is 2.85 bits per heavy atom. The molecule has 3 N–H and O–H groups in total. The van der Waals surface area contributed by atoms with Gasteiger partial charge in [0, 0.05) is 12.3 Å². The van der Waals surface area contributed by atoms with Gasteiger partial charge in [-0.1, -0.05) is 19.1 Å². The minimum absolute atomic E-state index is 0.0451. The molecule has 2 aliphatic rings. The molecule has 4 nitrogen and oxygen atoms in total. The van der Waals surface area contributed by atoms with Gasteiger partial charge in [-0.15, -0.1) is 0 Å². The van der Waals surface area contributed by atoms with E-state index in [0.29, 0.717) is 5.92 Å². The van der Waals surface area contributed by atoms with Crippen molar-refractivity contribution in [2.75, 3.05) is 11.9 Å². The van der Waals surface area contributed by atoms with Gasteiger partial charge in [-0.25, -0.2) is 0 Å². The van der Waals surface area contributed by atoms with Crippen LogP contribution in [-0.4, -0.2) is 18.6 Å². The maximum atomic E-state index is 12.0. The van der Waals surface area contributed by atoms with Gasteiger partial charge in [0.15, 0.2) is 0 Å². The highest BCUT2D eigenvalue weighted by Gasteiger charge is 2.39. The number of carbonyl (C=O) groups excluding carboxylic acids is 1. The minimum Gasteiger partial charge on any atom is -0.376 e. The molecule has 0 bridgehead atoms. The number of amides is 1. The zero-order valence-electron chi connectivity index (χ0n) is 12.3. The average Bonchev–Trinajstić information content (AvgIpc) is 2.92. The predicted molar refractivity (Wildman–Crippen MR) is 78.5 cm³/mol. The Morgan fingerprint density at radius 2 is 2.20 bits per heavy atom. The smallest absolute Gasteiger partial charge is 0.234 e. The molecule has 3 unspecified atom stereocenters. The number of hydrogen-bond donors (Lipinski definition) is 2. The average molecular weight is 274 g/mol. The number of nitrogens with two attached hydrogens (primary N) is 1. The van der Waals surface area contributed by atoms with Crippen LogP contribution in [0.4, 0.5) is 5.69 Å². The van der Waals surface area contributed by atoms with E-state index in [2.05, 4.69) is 18.3 Å². The van der Waals surface area contributed by atoms with E-state index in [1.165, 1.54) is 0 Å². The third kappa shape index (κ3) is 1.95. The first-order chi connectivity index (χ1) is 9.41. The third-order valence-corrected chi connectivity index (χ3v) is 4.72. The Balaban J connectivity index is 1.94. The molecule has 0 radical (unpaired) electrons. The van der Waals surface area contributed by atoms with Gasteiger partial charge in [0.2, 0.25) is 5.91 Å². The molecule has 0 spiro atoms. The summed E-state index contributed by atoms with van der Waals surface area (Å²) in [6.45, 7) is 6.85. The van der Waals surface area contributed by atoms with Crippen LogP contribution >= 0.6 is 0 Å². The molecule has 3 rings (SSSR count). The van der Waals surface area contributed by atoms with Crippen LogP contribution in [0.5, 0.6) is 0 Å². The number of anilines is 1. The quantitative estimate of drug-likeness (QED) is 0.870. The fraction of sp³-hybridized carbons (Fsp3) is 0.562. The van der Waals surface area contributed by atoms with Crippen LogP contribution in [-0.2, 0) is 14.9 Å².